The number of aromatic nitrogens is 1. The number of pyridine rings is 1. The molecule has 0 bridgehead atoms. The van der Waals surface area contributed by atoms with Crippen molar-refractivity contribution in [2.75, 3.05) is 24.5 Å². The van der Waals surface area contributed by atoms with Gasteiger partial charge in [-0.25, -0.2) is 4.98 Å². The summed E-state index contributed by atoms with van der Waals surface area (Å²) in [6, 6.07) is 10.8. The number of rotatable bonds is 1. The van der Waals surface area contributed by atoms with Gasteiger partial charge in [0.2, 0.25) is 0 Å². The van der Waals surface area contributed by atoms with Gasteiger partial charge in [-0.3, -0.25) is 0 Å². The van der Waals surface area contributed by atoms with Crippen molar-refractivity contribution in [3.63, 3.8) is 0 Å². The van der Waals surface area contributed by atoms with Crippen LogP contribution in [0.2, 0.25) is 0 Å². The van der Waals surface area contributed by atoms with Crippen LogP contribution >= 0.6 is 0 Å². The van der Waals surface area contributed by atoms with Crippen LogP contribution in [0.4, 0.5) is 5.82 Å². The number of nitrogens with zero attached hydrogens (tertiary/aromatic N) is 3. The highest BCUT2D eigenvalue weighted by Gasteiger charge is 2.21. The van der Waals surface area contributed by atoms with Crippen LogP contribution in [-0.2, 0) is 0 Å². The van der Waals surface area contributed by atoms with Crippen molar-refractivity contribution in [1.29, 1.82) is 5.26 Å². The molecule has 1 N–H and O–H groups in total. The van der Waals surface area contributed by atoms with Crippen molar-refractivity contribution >= 4 is 16.7 Å². The Kier molecular flexibility index (Phi) is 3.29. The van der Waals surface area contributed by atoms with E-state index in [1.165, 1.54) is 0 Å². The zero-order valence-electron chi connectivity index (χ0n) is 11.8. The van der Waals surface area contributed by atoms with Crippen LogP contribution < -0.4 is 10.2 Å². The molecule has 1 aliphatic rings. The molecule has 20 heavy (non-hydrogen) atoms. The predicted octanol–water partition coefficient (Wildman–Crippen LogP) is 2.21. The molecule has 0 radical (unpaired) electrons. The molecule has 0 aliphatic carbocycles. The molecule has 4 heteroatoms. The number of hydrogen-bond acceptors (Lipinski definition) is 4. The van der Waals surface area contributed by atoms with Crippen LogP contribution in [0.5, 0.6) is 0 Å². The van der Waals surface area contributed by atoms with E-state index in [-0.39, 0.29) is 0 Å². The fourth-order valence-corrected chi connectivity index (χ4v) is 2.85. The Morgan fingerprint density at radius 1 is 1.40 bits per heavy atom. The van der Waals surface area contributed by atoms with Gasteiger partial charge in [-0.05, 0) is 25.5 Å². The number of benzene rings is 1. The first-order chi connectivity index (χ1) is 9.70. The summed E-state index contributed by atoms with van der Waals surface area (Å²) in [4.78, 5) is 6.96. The van der Waals surface area contributed by atoms with E-state index in [1.807, 2.05) is 31.2 Å². The number of nitrogens with one attached hydrogen (secondary N) is 1. The summed E-state index contributed by atoms with van der Waals surface area (Å²) < 4.78 is 0. The Bertz CT molecular complexity index is 687. The number of fused-ring (bicyclic) bond motifs is 1. The molecular weight excluding hydrogens is 248 g/mol. The standard InChI is InChI=1S/C16H18N4/c1-11-10-20(8-7-18-11)16-14(9-17)12(2)13-5-3-4-6-15(13)19-16/h3-6,11,18H,7-8,10H2,1-2H3/t11-/m1/s1. The maximum Gasteiger partial charge on any atom is 0.147 e. The summed E-state index contributed by atoms with van der Waals surface area (Å²) in [6.07, 6.45) is 0. The molecule has 0 unspecified atom stereocenters. The van der Waals surface area contributed by atoms with Gasteiger partial charge in [0.05, 0.1) is 11.1 Å². The molecule has 0 saturated carbocycles. The number of hydrogen-bond donors (Lipinski definition) is 1. The highest BCUT2D eigenvalue weighted by molar-refractivity contribution is 5.87. The van der Waals surface area contributed by atoms with Gasteiger partial charge in [0.1, 0.15) is 11.9 Å². The fourth-order valence-electron chi connectivity index (χ4n) is 2.85. The number of nitriles is 1. The predicted molar refractivity (Wildman–Crippen MR) is 80.9 cm³/mol. The number of para-hydroxylation sites is 1. The monoisotopic (exact) mass is 266 g/mol. The summed E-state index contributed by atoms with van der Waals surface area (Å²) in [5.41, 5.74) is 2.70. The van der Waals surface area contributed by atoms with Gasteiger partial charge < -0.3 is 10.2 Å². The molecule has 0 amide bonds. The highest BCUT2D eigenvalue weighted by atomic mass is 15.2. The van der Waals surface area contributed by atoms with Crippen LogP contribution in [0.3, 0.4) is 0 Å². The van der Waals surface area contributed by atoms with Crippen LogP contribution in [0, 0.1) is 18.3 Å². The van der Waals surface area contributed by atoms with Crippen molar-refractivity contribution in [3.8, 4) is 6.07 Å². The Hall–Kier alpha value is -2.12. The first-order valence-corrected chi connectivity index (χ1v) is 6.98. The second-order valence-electron chi connectivity index (χ2n) is 5.37. The Morgan fingerprint density at radius 2 is 2.20 bits per heavy atom. The van der Waals surface area contributed by atoms with E-state index in [2.05, 4.69) is 23.2 Å². The van der Waals surface area contributed by atoms with Crippen LogP contribution in [0.1, 0.15) is 18.1 Å². The lowest BCUT2D eigenvalue weighted by Crippen LogP contribution is -2.49. The molecule has 4 nitrogen and oxygen atoms in total. The lowest BCUT2D eigenvalue weighted by Gasteiger charge is -2.33. The average Bonchev–Trinajstić information content (AvgIpc) is 2.47. The lowest BCUT2D eigenvalue weighted by atomic mass is 10.0. The van der Waals surface area contributed by atoms with E-state index in [4.69, 9.17) is 4.98 Å². The van der Waals surface area contributed by atoms with Crippen LogP contribution in [0.15, 0.2) is 24.3 Å². The SMILES string of the molecule is Cc1c(C#N)c(N2CCN[C@H](C)C2)nc2ccccc12. The van der Waals surface area contributed by atoms with Crippen molar-refractivity contribution in [2.24, 2.45) is 0 Å². The molecule has 1 aliphatic heterocycles. The molecule has 0 spiro atoms. The molecule has 1 fully saturated rings. The lowest BCUT2D eigenvalue weighted by molar-refractivity contribution is 0.482. The summed E-state index contributed by atoms with van der Waals surface area (Å²) in [6.45, 7) is 6.88. The minimum atomic E-state index is 0.420. The van der Waals surface area contributed by atoms with Gasteiger partial charge in [-0.1, -0.05) is 18.2 Å². The van der Waals surface area contributed by atoms with Crippen LogP contribution in [-0.4, -0.2) is 30.7 Å². The molecular formula is C16H18N4. The summed E-state index contributed by atoms with van der Waals surface area (Å²) >= 11 is 0. The van der Waals surface area contributed by atoms with Crippen molar-refractivity contribution < 1.29 is 0 Å². The van der Waals surface area contributed by atoms with E-state index in [0.29, 0.717) is 11.6 Å². The summed E-state index contributed by atoms with van der Waals surface area (Å²) in [7, 11) is 0. The first kappa shape index (κ1) is 12.9. The Morgan fingerprint density at radius 3 is 2.95 bits per heavy atom. The Balaban J connectivity index is 2.17. The number of piperazine rings is 1. The van der Waals surface area contributed by atoms with Gasteiger partial charge in [0.25, 0.3) is 0 Å². The zero-order valence-corrected chi connectivity index (χ0v) is 11.8. The molecule has 2 aromatic rings. The minimum absolute atomic E-state index is 0.420. The third-order valence-corrected chi connectivity index (χ3v) is 3.91. The fraction of sp³-hybridized carbons (Fsp3) is 0.375. The molecule has 102 valence electrons. The molecule has 1 aromatic heterocycles. The summed E-state index contributed by atoms with van der Waals surface area (Å²) in [5, 5.41) is 14.0. The first-order valence-electron chi connectivity index (χ1n) is 6.98. The molecule has 1 saturated heterocycles. The molecule has 1 atom stereocenters. The van der Waals surface area contributed by atoms with E-state index in [0.717, 1.165) is 41.9 Å². The quantitative estimate of drug-likeness (QED) is 0.860. The van der Waals surface area contributed by atoms with Crippen molar-refractivity contribution in [3.05, 3.63) is 35.4 Å². The third-order valence-electron chi connectivity index (χ3n) is 3.91. The van der Waals surface area contributed by atoms with Gasteiger partial charge in [0, 0.05) is 31.1 Å². The van der Waals surface area contributed by atoms with E-state index < -0.39 is 0 Å². The van der Waals surface area contributed by atoms with Crippen molar-refractivity contribution in [1.82, 2.24) is 10.3 Å². The van der Waals surface area contributed by atoms with Crippen molar-refractivity contribution in [2.45, 2.75) is 19.9 Å². The normalized spacial score (nSPS) is 19.1. The highest BCUT2D eigenvalue weighted by Crippen LogP contribution is 2.28. The maximum atomic E-state index is 9.52. The summed E-state index contributed by atoms with van der Waals surface area (Å²) in [5.74, 6) is 0.831. The van der Waals surface area contributed by atoms with E-state index >= 15 is 0 Å². The molecule has 2 heterocycles. The number of anilines is 1. The van der Waals surface area contributed by atoms with Gasteiger partial charge in [-0.15, -0.1) is 0 Å². The van der Waals surface area contributed by atoms with Crippen LogP contribution in [0.25, 0.3) is 10.9 Å². The van der Waals surface area contributed by atoms with E-state index in [1.54, 1.807) is 0 Å². The zero-order chi connectivity index (χ0) is 14.1. The largest absolute Gasteiger partial charge is 0.353 e. The third kappa shape index (κ3) is 2.10. The second kappa shape index (κ2) is 5.10. The second-order valence-corrected chi connectivity index (χ2v) is 5.37. The average molecular weight is 266 g/mol. The molecule has 1 aromatic carbocycles. The number of aryl methyl sites for hydroxylation is 1. The molecule has 3 rings (SSSR count). The van der Waals surface area contributed by atoms with Gasteiger partial charge >= 0.3 is 0 Å². The van der Waals surface area contributed by atoms with E-state index in [9.17, 15) is 5.26 Å². The van der Waals surface area contributed by atoms with Gasteiger partial charge in [-0.2, -0.15) is 5.26 Å². The minimum Gasteiger partial charge on any atom is -0.353 e. The maximum absolute atomic E-state index is 9.52. The topological polar surface area (TPSA) is 52.0 Å². The Labute approximate surface area is 119 Å². The van der Waals surface area contributed by atoms with Gasteiger partial charge in [0.15, 0.2) is 0 Å². The smallest absolute Gasteiger partial charge is 0.147 e.